The van der Waals surface area contributed by atoms with Gasteiger partial charge in [-0.15, -0.1) is 0 Å². The van der Waals surface area contributed by atoms with Crippen LogP contribution in [0, 0.1) is 0 Å². The number of aromatic amines is 1. The van der Waals surface area contributed by atoms with Crippen molar-refractivity contribution in [3.63, 3.8) is 0 Å². The van der Waals surface area contributed by atoms with Gasteiger partial charge in [0.2, 0.25) is 5.95 Å². The van der Waals surface area contributed by atoms with E-state index in [4.69, 9.17) is 23.2 Å². The summed E-state index contributed by atoms with van der Waals surface area (Å²) in [6.07, 6.45) is 2.89. The molecule has 0 aliphatic heterocycles. The molecule has 0 bridgehead atoms. The van der Waals surface area contributed by atoms with Crippen LogP contribution >= 0.6 is 23.2 Å². The highest BCUT2D eigenvalue weighted by Crippen LogP contribution is 2.19. The number of nitrogens with zero attached hydrogens (tertiary/aromatic N) is 2. The fourth-order valence-electron chi connectivity index (χ4n) is 1.20. The highest BCUT2D eigenvalue weighted by molar-refractivity contribution is 6.36. The van der Waals surface area contributed by atoms with Crippen LogP contribution in [0.25, 0.3) is 0 Å². The van der Waals surface area contributed by atoms with Crippen molar-refractivity contribution >= 4 is 35.4 Å². The zero-order chi connectivity index (χ0) is 13.0. The maximum atomic E-state index is 11.0. The Morgan fingerprint density at radius 2 is 2.17 bits per heavy atom. The normalized spacial score (nSPS) is 10.8. The Balaban J connectivity index is 2.10. The van der Waals surface area contributed by atoms with Gasteiger partial charge in [0.05, 0.1) is 11.2 Å². The van der Waals surface area contributed by atoms with Gasteiger partial charge in [0, 0.05) is 22.8 Å². The van der Waals surface area contributed by atoms with Gasteiger partial charge in [-0.3, -0.25) is 9.78 Å². The molecular formula is C11H8Cl2N4O. The molecule has 1 aromatic carbocycles. The van der Waals surface area contributed by atoms with E-state index in [1.807, 2.05) is 0 Å². The van der Waals surface area contributed by atoms with Crippen LogP contribution in [0.15, 0.2) is 40.4 Å². The van der Waals surface area contributed by atoms with Crippen LogP contribution in [-0.2, 0) is 0 Å². The molecule has 1 aromatic heterocycles. The third-order valence-corrected chi connectivity index (χ3v) is 2.57. The number of hydrogen-bond donors (Lipinski definition) is 2. The third kappa shape index (κ3) is 3.32. The zero-order valence-corrected chi connectivity index (χ0v) is 10.5. The number of hydrazone groups is 1. The van der Waals surface area contributed by atoms with Crippen LogP contribution in [0.4, 0.5) is 5.95 Å². The quantitative estimate of drug-likeness (QED) is 0.671. The lowest BCUT2D eigenvalue weighted by molar-refractivity contribution is 1.08. The fourth-order valence-corrected chi connectivity index (χ4v) is 1.65. The van der Waals surface area contributed by atoms with Gasteiger partial charge in [-0.25, -0.2) is 10.4 Å². The van der Waals surface area contributed by atoms with Gasteiger partial charge in [0.25, 0.3) is 5.56 Å². The molecule has 0 aliphatic carbocycles. The average molecular weight is 283 g/mol. The van der Waals surface area contributed by atoms with Crippen LogP contribution in [0.2, 0.25) is 10.0 Å². The summed E-state index contributed by atoms with van der Waals surface area (Å²) >= 11 is 11.7. The first kappa shape index (κ1) is 12.6. The van der Waals surface area contributed by atoms with Gasteiger partial charge in [-0.2, -0.15) is 5.10 Å². The smallest absolute Gasteiger partial charge is 0.252 e. The van der Waals surface area contributed by atoms with Crippen molar-refractivity contribution in [2.75, 3.05) is 5.43 Å². The molecular weight excluding hydrogens is 275 g/mol. The first-order valence-electron chi connectivity index (χ1n) is 4.94. The lowest BCUT2D eigenvalue weighted by Gasteiger charge is -1.99. The molecule has 0 fully saturated rings. The molecule has 0 amide bonds. The molecule has 2 N–H and O–H groups in total. The summed E-state index contributed by atoms with van der Waals surface area (Å²) in [7, 11) is 0. The molecule has 0 saturated carbocycles. The van der Waals surface area contributed by atoms with Gasteiger partial charge in [0.1, 0.15) is 0 Å². The molecule has 0 radical (unpaired) electrons. The highest BCUT2D eigenvalue weighted by atomic mass is 35.5. The minimum Gasteiger partial charge on any atom is -0.291 e. The molecule has 7 heteroatoms. The van der Waals surface area contributed by atoms with Crippen molar-refractivity contribution in [3.8, 4) is 0 Å². The SMILES string of the molecule is O=c1ccnc(N/N=C\c2ccc(Cl)cc2Cl)[nH]1. The fraction of sp³-hybridized carbons (Fsp3) is 0. The number of hydrogen-bond acceptors (Lipinski definition) is 4. The van der Waals surface area contributed by atoms with E-state index in [0.29, 0.717) is 15.6 Å². The molecule has 0 spiro atoms. The van der Waals surface area contributed by atoms with Crippen molar-refractivity contribution in [3.05, 3.63) is 56.4 Å². The second-order valence-electron chi connectivity index (χ2n) is 3.32. The molecule has 2 aromatic rings. The Morgan fingerprint density at radius 3 is 2.89 bits per heavy atom. The molecule has 0 unspecified atom stereocenters. The first-order chi connectivity index (χ1) is 8.65. The lowest BCUT2D eigenvalue weighted by Crippen LogP contribution is -2.07. The van der Waals surface area contributed by atoms with Crippen LogP contribution < -0.4 is 11.0 Å². The van der Waals surface area contributed by atoms with Crippen LogP contribution in [0.1, 0.15) is 5.56 Å². The number of halogens is 2. The minimum atomic E-state index is -0.257. The third-order valence-electron chi connectivity index (χ3n) is 2.01. The topological polar surface area (TPSA) is 70.1 Å². The van der Waals surface area contributed by atoms with Gasteiger partial charge in [-0.1, -0.05) is 29.3 Å². The van der Waals surface area contributed by atoms with Crippen molar-refractivity contribution in [2.45, 2.75) is 0 Å². The monoisotopic (exact) mass is 282 g/mol. The van der Waals surface area contributed by atoms with Gasteiger partial charge < -0.3 is 0 Å². The second kappa shape index (κ2) is 5.66. The Bertz CT molecular complexity index is 639. The van der Waals surface area contributed by atoms with E-state index in [2.05, 4.69) is 20.5 Å². The minimum absolute atomic E-state index is 0.254. The first-order valence-corrected chi connectivity index (χ1v) is 5.70. The van der Waals surface area contributed by atoms with E-state index in [-0.39, 0.29) is 11.5 Å². The van der Waals surface area contributed by atoms with E-state index in [1.54, 1.807) is 18.2 Å². The summed E-state index contributed by atoms with van der Waals surface area (Å²) in [5.74, 6) is 0.254. The molecule has 18 heavy (non-hydrogen) atoms. The van der Waals surface area contributed by atoms with E-state index in [0.717, 1.165) is 0 Å². The number of benzene rings is 1. The molecule has 0 atom stereocenters. The predicted molar refractivity (Wildman–Crippen MR) is 72.5 cm³/mol. The maximum Gasteiger partial charge on any atom is 0.252 e. The maximum absolute atomic E-state index is 11.0. The number of rotatable bonds is 3. The van der Waals surface area contributed by atoms with Crippen LogP contribution in [0.5, 0.6) is 0 Å². The highest BCUT2D eigenvalue weighted by Gasteiger charge is 1.98. The Hall–Kier alpha value is -1.85. The number of aromatic nitrogens is 2. The van der Waals surface area contributed by atoms with E-state index >= 15 is 0 Å². The summed E-state index contributed by atoms with van der Waals surface area (Å²) in [5, 5.41) is 4.95. The van der Waals surface area contributed by atoms with E-state index in [1.165, 1.54) is 18.5 Å². The van der Waals surface area contributed by atoms with Crippen molar-refractivity contribution in [2.24, 2.45) is 5.10 Å². The summed E-state index contributed by atoms with van der Waals surface area (Å²) in [6, 6.07) is 6.37. The Kier molecular flexibility index (Phi) is 3.96. The number of anilines is 1. The van der Waals surface area contributed by atoms with Crippen LogP contribution in [-0.4, -0.2) is 16.2 Å². The van der Waals surface area contributed by atoms with Crippen LogP contribution in [0.3, 0.4) is 0 Å². The summed E-state index contributed by atoms with van der Waals surface area (Å²) in [5.41, 5.74) is 3.03. The number of H-pyrrole nitrogens is 1. The summed E-state index contributed by atoms with van der Waals surface area (Å²) in [6.45, 7) is 0. The molecule has 5 nitrogen and oxygen atoms in total. The van der Waals surface area contributed by atoms with Gasteiger partial charge in [-0.05, 0) is 12.1 Å². The van der Waals surface area contributed by atoms with Gasteiger partial charge >= 0.3 is 0 Å². The Morgan fingerprint density at radius 1 is 1.33 bits per heavy atom. The number of nitrogens with one attached hydrogen (secondary N) is 2. The average Bonchev–Trinajstić information content (AvgIpc) is 2.32. The largest absolute Gasteiger partial charge is 0.291 e. The van der Waals surface area contributed by atoms with E-state index < -0.39 is 0 Å². The molecule has 92 valence electrons. The molecule has 0 saturated heterocycles. The van der Waals surface area contributed by atoms with Gasteiger partial charge in [0.15, 0.2) is 0 Å². The molecule has 0 aliphatic rings. The summed E-state index contributed by atoms with van der Waals surface area (Å²) < 4.78 is 0. The van der Waals surface area contributed by atoms with Crippen molar-refractivity contribution in [1.29, 1.82) is 0 Å². The lowest BCUT2D eigenvalue weighted by atomic mass is 10.2. The van der Waals surface area contributed by atoms with Crippen molar-refractivity contribution < 1.29 is 0 Å². The Labute approximate surface area is 112 Å². The second-order valence-corrected chi connectivity index (χ2v) is 4.16. The zero-order valence-electron chi connectivity index (χ0n) is 9.02. The molecule has 1 heterocycles. The molecule has 2 rings (SSSR count). The van der Waals surface area contributed by atoms with Crippen molar-refractivity contribution in [1.82, 2.24) is 9.97 Å². The van der Waals surface area contributed by atoms with E-state index in [9.17, 15) is 4.79 Å². The predicted octanol–water partition coefficient (Wildman–Crippen LogP) is 2.52. The standard InChI is InChI=1S/C11H8Cl2N4O/c12-8-2-1-7(9(13)5-8)6-15-17-11-14-4-3-10(18)16-11/h1-6H,(H2,14,16,17,18)/b15-6-. The summed E-state index contributed by atoms with van der Waals surface area (Å²) in [4.78, 5) is 17.3.